The van der Waals surface area contributed by atoms with Crippen molar-refractivity contribution in [3.8, 4) is 5.75 Å². The van der Waals surface area contributed by atoms with Crippen LogP contribution in [0.4, 0.5) is 11.4 Å². The van der Waals surface area contributed by atoms with Gasteiger partial charge in [-0.05, 0) is 6.07 Å². The lowest BCUT2D eigenvalue weighted by Crippen LogP contribution is -2.29. The number of aliphatic hydroxyl groups excluding tert-OH is 2. The molecule has 0 aliphatic carbocycles. The van der Waals surface area contributed by atoms with Crippen molar-refractivity contribution in [1.29, 1.82) is 5.39 Å². The predicted octanol–water partition coefficient (Wildman–Crippen LogP) is 0.971. The molecule has 6 heteroatoms. The van der Waals surface area contributed by atoms with Crippen LogP contribution in [0.15, 0.2) is 18.2 Å². The number of benzene rings is 1. The van der Waals surface area contributed by atoms with E-state index in [2.05, 4.69) is 4.98 Å². The molecule has 0 bridgehead atoms. The van der Waals surface area contributed by atoms with Crippen LogP contribution in [0.25, 0.3) is 4.98 Å². The molecule has 0 radical (unpaired) electrons. The molecule has 0 aliphatic rings. The normalized spacial score (nSPS) is 9.76. The molecule has 92 valence electrons. The molecule has 0 unspecified atom stereocenters. The summed E-state index contributed by atoms with van der Waals surface area (Å²) in [5.41, 5.74) is 1.13. The van der Waals surface area contributed by atoms with Crippen LogP contribution in [0.2, 0.25) is 0 Å². The topological polar surface area (TPSA) is 81.1 Å². The Morgan fingerprint density at radius 2 is 1.94 bits per heavy atom. The molecule has 0 spiro atoms. The summed E-state index contributed by atoms with van der Waals surface area (Å²) in [6, 6.07) is 4.93. The number of rotatable bonds is 6. The van der Waals surface area contributed by atoms with Gasteiger partial charge < -0.3 is 19.8 Å². The third kappa shape index (κ3) is 3.31. The van der Waals surface area contributed by atoms with Crippen LogP contribution >= 0.6 is 0 Å². The first-order chi connectivity index (χ1) is 8.26. The predicted molar refractivity (Wildman–Crippen MR) is 64.1 cm³/mol. The lowest BCUT2D eigenvalue weighted by atomic mass is 10.2. The Bertz CT molecular complexity index is 397. The molecule has 0 atom stereocenters. The SMILES string of the molecule is COc1cc([N+]#N)ccc1N(CCO)CCO. The van der Waals surface area contributed by atoms with Gasteiger partial charge in [0.25, 0.3) is 0 Å². The average molecular weight is 238 g/mol. The molecule has 17 heavy (non-hydrogen) atoms. The van der Waals surface area contributed by atoms with E-state index in [9.17, 15) is 0 Å². The van der Waals surface area contributed by atoms with Gasteiger partial charge in [-0.3, -0.25) is 0 Å². The van der Waals surface area contributed by atoms with Crippen LogP contribution in [-0.4, -0.2) is 43.6 Å². The molecule has 0 amide bonds. The molecule has 1 aromatic rings. The quantitative estimate of drug-likeness (QED) is 0.722. The summed E-state index contributed by atoms with van der Waals surface area (Å²) in [7, 11) is 1.51. The Balaban J connectivity index is 3.05. The summed E-state index contributed by atoms with van der Waals surface area (Å²) in [4.78, 5) is 4.87. The second-order valence-electron chi connectivity index (χ2n) is 3.39. The van der Waals surface area contributed by atoms with Crippen molar-refractivity contribution in [1.82, 2.24) is 0 Å². The highest BCUT2D eigenvalue weighted by Gasteiger charge is 2.15. The molecule has 0 aliphatic heterocycles. The molecule has 0 aromatic heterocycles. The molecule has 0 fully saturated rings. The van der Waals surface area contributed by atoms with E-state index in [1.165, 1.54) is 7.11 Å². The monoisotopic (exact) mass is 238 g/mol. The third-order valence-electron chi connectivity index (χ3n) is 2.36. The van der Waals surface area contributed by atoms with Gasteiger partial charge in [0, 0.05) is 19.2 Å². The zero-order valence-electron chi connectivity index (χ0n) is 9.70. The first kappa shape index (κ1) is 13.2. The smallest absolute Gasteiger partial charge is 0.388 e. The van der Waals surface area contributed by atoms with Gasteiger partial charge in [-0.15, -0.1) is 0 Å². The van der Waals surface area contributed by atoms with Crippen LogP contribution in [0.3, 0.4) is 0 Å². The fourth-order valence-electron chi connectivity index (χ4n) is 1.58. The van der Waals surface area contributed by atoms with Gasteiger partial charge >= 0.3 is 5.69 Å². The number of nitrogens with zero attached hydrogens (tertiary/aromatic N) is 3. The lowest BCUT2D eigenvalue weighted by molar-refractivity contribution is 0.280. The molecule has 0 heterocycles. The van der Waals surface area contributed by atoms with Crippen molar-refractivity contribution in [2.45, 2.75) is 0 Å². The number of hydrogen-bond acceptors (Lipinski definition) is 5. The standard InChI is InChI=1S/C11H16N3O3/c1-17-11-8-9(13-12)2-3-10(11)14(4-6-15)5-7-16/h2-3,8,15-16H,4-7H2,1H3/q+1. The third-order valence-corrected chi connectivity index (χ3v) is 2.36. The zero-order valence-corrected chi connectivity index (χ0v) is 9.70. The second-order valence-corrected chi connectivity index (χ2v) is 3.39. The maximum Gasteiger partial charge on any atom is 0.388 e. The average Bonchev–Trinajstić information content (AvgIpc) is 2.37. The molecule has 2 N–H and O–H groups in total. The minimum atomic E-state index is -0.0186. The van der Waals surface area contributed by atoms with E-state index in [1.807, 2.05) is 0 Å². The summed E-state index contributed by atoms with van der Waals surface area (Å²) in [6.45, 7) is 0.754. The number of diazo groups is 1. The van der Waals surface area contributed by atoms with Crippen LogP contribution in [-0.2, 0) is 0 Å². The molecular formula is C11H16N3O3+. The molecule has 6 nitrogen and oxygen atoms in total. The minimum Gasteiger partial charge on any atom is -0.494 e. The van der Waals surface area contributed by atoms with Crippen molar-refractivity contribution in [2.24, 2.45) is 0 Å². The number of aliphatic hydroxyl groups is 2. The highest BCUT2D eigenvalue weighted by atomic mass is 16.5. The van der Waals surface area contributed by atoms with Crippen LogP contribution < -0.4 is 9.64 Å². The molecule has 0 saturated heterocycles. The van der Waals surface area contributed by atoms with E-state index >= 15 is 0 Å². The van der Waals surface area contributed by atoms with Gasteiger partial charge in [0.2, 0.25) is 5.39 Å². The highest BCUT2D eigenvalue weighted by molar-refractivity contribution is 5.65. The van der Waals surface area contributed by atoms with Gasteiger partial charge in [0.15, 0.2) is 4.98 Å². The van der Waals surface area contributed by atoms with Gasteiger partial charge in [-0.1, -0.05) is 0 Å². The maximum absolute atomic E-state index is 8.97. The summed E-state index contributed by atoms with van der Waals surface area (Å²) in [5, 5.41) is 26.6. The van der Waals surface area contributed by atoms with Crippen molar-refractivity contribution < 1.29 is 14.9 Å². The van der Waals surface area contributed by atoms with Gasteiger partial charge in [0.05, 0.1) is 32.1 Å². The van der Waals surface area contributed by atoms with Crippen LogP contribution in [0, 0.1) is 5.39 Å². The highest BCUT2D eigenvalue weighted by Crippen LogP contribution is 2.32. The molecule has 0 saturated carbocycles. The first-order valence-corrected chi connectivity index (χ1v) is 5.26. The van der Waals surface area contributed by atoms with Crippen molar-refractivity contribution >= 4 is 11.4 Å². The van der Waals surface area contributed by atoms with Crippen molar-refractivity contribution in [3.05, 3.63) is 23.2 Å². The van der Waals surface area contributed by atoms with E-state index in [-0.39, 0.29) is 13.2 Å². The van der Waals surface area contributed by atoms with E-state index in [0.717, 1.165) is 5.69 Å². The van der Waals surface area contributed by atoms with E-state index in [1.54, 1.807) is 23.1 Å². The summed E-state index contributed by atoms with van der Waals surface area (Å²) < 4.78 is 5.19. The van der Waals surface area contributed by atoms with Gasteiger partial charge in [-0.2, -0.15) is 0 Å². The van der Waals surface area contributed by atoms with E-state index in [4.69, 9.17) is 20.3 Å². The Morgan fingerprint density at radius 1 is 1.29 bits per heavy atom. The van der Waals surface area contributed by atoms with Gasteiger partial charge in [0.1, 0.15) is 5.75 Å². The second kappa shape index (κ2) is 6.68. The van der Waals surface area contributed by atoms with Crippen LogP contribution in [0.5, 0.6) is 5.75 Å². The van der Waals surface area contributed by atoms with E-state index < -0.39 is 0 Å². The first-order valence-electron chi connectivity index (χ1n) is 5.26. The number of ether oxygens (including phenoxy) is 1. The maximum atomic E-state index is 8.97. The number of hydrogen-bond donors (Lipinski definition) is 2. The fraction of sp³-hybridized carbons (Fsp3) is 0.455. The Kier molecular flexibility index (Phi) is 5.20. The van der Waals surface area contributed by atoms with Gasteiger partial charge in [-0.25, -0.2) is 0 Å². The van der Waals surface area contributed by atoms with Crippen molar-refractivity contribution in [3.63, 3.8) is 0 Å². The zero-order chi connectivity index (χ0) is 12.7. The molecular weight excluding hydrogens is 222 g/mol. The van der Waals surface area contributed by atoms with Crippen molar-refractivity contribution in [2.75, 3.05) is 38.3 Å². The summed E-state index contributed by atoms with van der Waals surface area (Å²) in [6.07, 6.45) is 0. The number of methoxy groups -OCH3 is 1. The van der Waals surface area contributed by atoms with Crippen LogP contribution in [0.1, 0.15) is 0 Å². The Hall–Kier alpha value is -1.84. The Labute approximate surface area is 99.7 Å². The minimum absolute atomic E-state index is 0.0186. The summed E-state index contributed by atoms with van der Waals surface area (Å²) in [5.74, 6) is 0.530. The molecule has 1 rings (SSSR count). The Morgan fingerprint density at radius 3 is 2.41 bits per heavy atom. The largest absolute Gasteiger partial charge is 0.494 e. The molecule has 1 aromatic carbocycles. The fourth-order valence-corrected chi connectivity index (χ4v) is 1.58. The summed E-state index contributed by atoms with van der Waals surface area (Å²) >= 11 is 0. The lowest BCUT2D eigenvalue weighted by Gasteiger charge is -2.24. The van der Waals surface area contributed by atoms with E-state index in [0.29, 0.717) is 24.5 Å². The number of anilines is 1.